The molecule has 1 fully saturated rings. The molecule has 1 saturated carbocycles. The molecule has 100 valence electrons. The number of hydrogen-bond acceptors (Lipinski definition) is 2. The molecule has 0 amide bonds. The zero-order chi connectivity index (χ0) is 12.6. The SMILES string of the molecule is Cc1ccccc1SCCCNC1CCCCC1. The quantitative estimate of drug-likeness (QED) is 0.603. The predicted octanol–water partition coefficient (Wildman–Crippen LogP) is 4.40. The molecule has 0 aliphatic heterocycles. The van der Waals surface area contributed by atoms with Crippen molar-refractivity contribution in [2.45, 2.75) is 56.4 Å². The molecule has 1 N–H and O–H groups in total. The minimum atomic E-state index is 0.808. The summed E-state index contributed by atoms with van der Waals surface area (Å²) < 4.78 is 0. The molecule has 1 aromatic rings. The minimum Gasteiger partial charge on any atom is -0.314 e. The first-order chi connectivity index (χ1) is 8.86. The lowest BCUT2D eigenvalue weighted by Crippen LogP contribution is -2.31. The molecule has 0 unspecified atom stereocenters. The van der Waals surface area contributed by atoms with Gasteiger partial charge in [-0.05, 0) is 50.1 Å². The highest BCUT2D eigenvalue weighted by molar-refractivity contribution is 7.99. The number of thioether (sulfide) groups is 1. The van der Waals surface area contributed by atoms with Crippen molar-refractivity contribution in [3.63, 3.8) is 0 Å². The summed E-state index contributed by atoms with van der Waals surface area (Å²) in [5.41, 5.74) is 1.41. The third kappa shape index (κ3) is 4.66. The Bertz CT molecular complexity index is 345. The number of aryl methyl sites for hydroxylation is 1. The molecule has 0 spiro atoms. The van der Waals surface area contributed by atoms with Crippen LogP contribution in [0, 0.1) is 6.92 Å². The maximum Gasteiger partial charge on any atom is 0.0101 e. The van der Waals surface area contributed by atoms with Gasteiger partial charge < -0.3 is 5.32 Å². The molecular weight excluding hydrogens is 238 g/mol. The van der Waals surface area contributed by atoms with Gasteiger partial charge in [0, 0.05) is 10.9 Å². The standard InChI is InChI=1S/C16H25NS/c1-14-8-5-6-11-16(14)18-13-7-12-17-15-9-3-2-4-10-15/h5-6,8,11,15,17H,2-4,7,9-10,12-13H2,1H3. The lowest BCUT2D eigenvalue weighted by atomic mass is 9.95. The molecule has 1 nitrogen and oxygen atoms in total. The van der Waals surface area contributed by atoms with E-state index in [4.69, 9.17) is 0 Å². The van der Waals surface area contributed by atoms with Gasteiger partial charge in [-0.3, -0.25) is 0 Å². The second-order valence-corrected chi connectivity index (χ2v) is 6.39. The van der Waals surface area contributed by atoms with Gasteiger partial charge in [0.05, 0.1) is 0 Å². The van der Waals surface area contributed by atoms with Crippen LogP contribution in [0.5, 0.6) is 0 Å². The van der Waals surface area contributed by atoms with Crippen molar-refractivity contribution in [3.05, 3.63) is 29.8 Å². The molecule has 1 aromatic carbocycles. The fourth-order valence-electron chi connectivity index (χ4n) is 2.59. The van der Waals surface area contributed by atoms with E-state index < -0.39 is 0 Å². The summed E-state index contributed by atoms with van der Waals surface area (Å²) in [6, 6.07) is 9.48. The van der Waals surface area contributed by atoms with Gasteiger partial charge in [0.1, 0.15) is 0 Å². The molecule has 0 saturated heterocycles. The van der Waals surface area contributed by atoms with Crippen LogP contribution in [0.1, 0.15) is 44.1 Å². The van der Waals surface area contributed by atoms with Crippen LogP contribution in [0.3, 0.4) is 0 Å². The fraction of sp³-hybridized carbons (Fsp3) is 0.625. The van der Waals surface area contributed by atoms with E-state index in [0.717, 1.165) is 6.04 Å². The van der Waals surface area contributed by atoms with Gasteiger partial charge >= 0.3 is 0 Å². The van der Waals surface area contributed by atoms with E-state index in [2.05, 4.69) is 36.5 Å². The first-order valence-electron chi connectivity index (χ1n) is 7.28. The van der Waals surface area contributed by atoms with Crippen molar-refractivity contribution in [2.75, 3.05) is 12.3 Å². The van der Waals surface area contributed by atoms with Gasteiger partial charge in [0.15, 0.2) is 0 Å². The normalized spacial score (nSPS) is 16.9. The Morgan fingerprint density at radius 1 is 1.17 bits per heavy atom. The van der Waals surface area contributed by atoms with Gasteiger partial charge in [-0.1, -0.05) is 37.5 Å². The summed E-state index contributed by atoms with van der Waals surface area (Å²) in [6.07, 6.45) is 8.36. The van der Waals surface area contributed by atoms with E-state index in [-0.39, 0.29) is 0 Å². The molecule has 2 rings (SSSR count). The molecular formula is C16H25NS. The molecule has 0 atom stereocenters. The summed E-state index contributed by atoms with van der Waals surface area (Å²) in [4.78, 5) is 1.44. The molecule has 0 heterocycles. The third-order valence-corrected chi connectivity index (χ3v) is 4.97. The summed E-state index contributed by atoms with van der Waals surface area (Å²) in [6.45, 7) is 3.38. The zero-order valence-electron chi connectivity index (χ0n) is 11.5. The van der Waals surface area contributed by atoms with E-state index in [1.54, 1.807) is 0 Å². The molecule has 1 aliphatic rings. The van der Waals surface area contributed by atoms with Crippen LogP contribution in [0.25, 0.3) is 0 Å². The van der Waals surface area contributed by atoms with Gasteiger partial charge in [0.2, 0.25) is 0 Å². The highest BCUT2D eigenvalue weighted by Gasteiger charge is 2.11. The average Bonchev–Trinajstić information content (AvgIpc) is 2.42. The van der Waals surface area contributed by atoms with Crippen LogP contribution in [0.15, 0.2) is 29.2 Å². The Morgan fingerprint density at radius 2 is 1.94 bits per heavy atom. The van der Waals surface area contributed by atoms with Gasteiger partial charge in [0.25, 0.3) is 0 Å². The van der Waals surface area contributed by atoms with E-state index in [9.17, 15) is 0 Å². The average molecular weight is 263 g/mol. The lowest BCUT2D eigenvalue weighted by Gasteiger charge is -2.22. The molecule has 2 heteroatoms. The first-order valence-corrected chi connectivity index (χ1v) is 8.26. The Labute approximate surface area is 116 Å². The van der Waals surface area contributed by atoms with Crippen molar-refractivity contribution >= 4 is 11.8 Å². The van der Waals surface area contributed by atoms with E-state index in [1.165, 1.54) is 61.3 Å². The summed E-state index contributed by atoms with van der Waals surface area (Å²) in [5.74, 6) is 1.23. The number of benzene rings is 1. The Balaban J connectivity index is 1.57. The second kappa shape index (κ2) is 7.85. The summed E-state index contributed by atoms with van der Waals surface area (Å²) in [5, 5.41) is 3.71. The molecule has 1 aliphatic carbocycles. The predicted molar refractivity (Wildman–Crippen MR) is 81.4 cm³/mol. The molecule has 0 aromatic heterocycles. The van der Waals surface area contributed by atoms with Gasteiger partial charge in [-0.25, -0.2) is 0 Å². The van der Waals surface area contributed by atoms with Crippen LogP contribution in [-0.2, 0) is 0 Å². The Morgan fingerprint density at radius 3 is 2.72 bits per heavy atom. The van der Waals surface area contributed by atoms with Crippen molar-refractivity contribution in [2.24, 2.45) is 0 Å². The van der Waals surface area contributed by atoms with Crippen molar-refractivity contribution in [1.82, 2.24) is 5.32 Å². The smallest absolute Gasteiger partial charge is 0.0101 e. The monoisotopic (exact) mass is 263 g/mol. The third-order valence-electron chi connectivity index (χ3n) is 3.71. The molecule has 0 bridgehead atoms. The maximum atomic E-state index is 3.71. The maximum absolute atomic E-state index is 3.71. The van der Waals surface area contributed by atoms with Crippen molar-refractivity contribution < 1.29 is 0 Å². The first kappa shape index (κ1) is 14.0. The molecule has 18 heavy (non-hydrogen) atoms. The number of hydrogen-bond donors (Lipinski definition) is 1. The largest absolute Gasteiger partial charge is 0.314 e. The fourth-order valence-corrected chi connectivity index (χ4v) is 3.56. The Hall–Kier alpha value is -0.470. The summed E-state index contributed by atoms with van der Waals surface area (Å²) >= 11 is 1.99. The Kier molecular flexibility index (Phi) is 6.09. The second-order valence-electron chi connectivity index (χ2n) is 5.26. The lowest BCUT2D eigenvalue weighted by molar-refractivity contribution is 0.375. The topological polar surface area (TPSA) is 12.0 Å². The van der Waals surface area contributed by atoms with Crippen molar-refractivity contribution in [3.8, 4) is 0 Å². The molecule has 0 radical (unpaired) electrons. The van der Waals surface area contributed by atoms with Crippen LogP contribution >= 0.6 is 11.8 Å². The number of nitrogens with one attached hydrogen (secondary N) is 1. The van der Waals surface area contributed by atoms with E-state index >= 15 is 0 Å². The van der Waals surface area contributed by atoms with Crippen molar-refractivity contribution in [1.29, 1.82) is 0 Å². The summed E-state index contributed by atoms with van der Waals surface area (Å²) in [7, 11) is 0. The van der Waals surface area contributed by atoms with Crippen LogP contribution in [0.4, 0.5) is 0 Å². The van der Waals surface area contributed by atoms with Crippen LogP contribution < -0.4 is 5.32 Å². The highest BCUT2D eigenvalue weighted by atomic mass is 32.2. The van der Waals surface area contributed by atoms with Gasteiger partial charge in [-0.15, -0.1) is 11.8 Å². The minimum absolute atomic E-state index is 0.808. The van der Waals surface area contributed by atoms with Gasteiger partial charge in [-0.2, -0.15) is 0 Å². The van der Waals surface area contributed by atoms with Crippen LogP contribution in [-0.4, -0.2) is 18.3 Å². The van der Waals surface area contributed by atoms with E-state index in [0.29, 0.717) is 0 Å². The number of rotatable bonds is 6. The van der Waals surface area contributed by atoms with E-state index in [1.807, 2.05) is 11.8 Å². The van der Waals surface area contributed by atoms with Crippen LogP contribution in [0.2, 0.25) is 0 Å². The zero-order valence-corrected chi connectivity index (χ0v) is 12.3. The highest BCUT2D eigenvalue weighted by Crippen LogP contribution is 2.22.